The highest BCUT2D eigenvalue weighted by Crippen LogP contribution is 2.23. The molecule has 0 heterocycles. The van der Waals surface area contributed by atoms with Gasteiger partial charge in [-0.1, -0.05) is 6.42 Å². The largest absolute Gasteiger partial charge is 0.357 e. The lowest BCUT2D eigenvalue weighted by Crippen LogP contribution is -2.47. The fraction of sp³-hybridized carbons (Fsp3) is 0.818. The molecule has 16 heavy (non-hydrogen) atoms. The van der Waals surface area contributed by atoms with Gasteiger partial charge in [-0.05, 0) is 26.2 Å². The Bertz CT molecular complexity index is 268. The van der Waals surface area contributed by atoms with E-state index in [1.165, 1.54) is 0 Å². The van der Waals surface area contributed by atoms with Gasteiger partial charge in [-0.25, -0.2) is 0 Å². The average molecular weight is 227 g/mol. The molecule has 0 aliphatic heterocycles. The van der Waals surface area contributed by atoms with Gasteiger partial charge in [-0.15, -0.1) is 0 Å². The number of amides is 2. The first-order chi connectivity index (χ1) is 7.54. The molecule has 1 aliphatic carbocycles. The van der Waals surface area contributed by atoms with Crippen LogP contribution in [-0.4, -0.2) is 30.9 Å². The molecule has 1 fully saturated rings. The Morgan fingerprint density at radius 1 is 1.38 bits per heavy atom. The number of nitrogens with two attached hydrogens (primary N) is 1. The topological polar surface area (TPSA) is 84.2 Å². The van der Waals surface area contributed by atoms with Gasteiger partial charge in [0.25, 0.3) is 0 Å². The van der Waals surface area contributed by atoms with Crippen molar-refractivity contribution >= 4 is 11.8 Å². The third kappa shape index (κ3) is 3.48. The minimum Gasteiger partial charge on any atom is -0.357 e. The summed E-state index contributed by atoms with van der Waals surface area (Å²) in [6, 6.07) is -0.351. The second-order valence-electron chi connectivity index (χ2n) is 4.47. The van der Waals surface area contributed by atoms with Crippen LogP contribution in [0.15, 0.2) is 0 Å². The Labute approximate surface area is 96.1 Å². The van der Waals surface area contributed by atoms with E-state index in [0.29, 0.717) is 0 Å². The minimum absolute atomic E-state index is 0.0316. The van der Waals surface area contributed by atoms with E-state index in [9.17, 15) is 9.59 Å². The van der Waals surface area contributed by atoms with Crippen LogP contribution in [0.1, 0.15) is 32.6 Å². The summed E-state index contributed by atoms with van der Waals surface area (Å²) in [4.78, 5) is 23.1. The maximum absolute atomic E-state index is 11.8. The lowest BCUT2D eigenvalue weighted by atomic mass is 9.85. The summed E-state index contributed by atoms with van der Waals surface area (Å²) in [7, 11) is 1.56. The summed E-state index contributed by atoms with van der Waals surface area (Å²) in [5.41, 5.74) is 5.82. The predicted molar refractivity (Wildman–Crippen MR) is 61.6 cm³/mol. The summed E-state index contributed by atoms with van der Waals surface area (Å²) in [5, 5.41) is 5.22. The Morgan fingerprint density at radius 2 is 2.06 bits per heavy atom. The maximum atomic E-state index is 11.8. The van der Waals surface area contributed by atoms with E-state index in [-0.39, 0.29) is 23.8 Å². The summed E-state index contributed by atoms with van der Waals surface area (Å²) < 4.78 is 0. The molecule has 0 aromatic rings. The molecular weight excluding hydrogens is 206 g/mol. The smallest absolute Gasteiger partial charge is 0.242 e. The van der Waals surface area contributed by atoms with Crippen molar-refractivity contribution < 1.29 is 9.59 Å². The Morgan fingerprint density at radius 3 is 2.62 bits per heavy atom. The number of hydrogen-bond acceptors (Lipinski definition) is 3. The fourth-order valence-electron chi connectivity index (χ4n) is 2.08. The molecule has 0 spiro atoms. The van der Waals surface area contributed by atoms with Crippen LogP contribution in [0.3, 0.4) is 0 Å². The first kappa shape index (κ1) is 13.0. The number of nitrogens with one attached hydrogen (secondary N) is 2. The summed E-state index contributed by atoms with van der Waals surface area (Å²) in [6.45, 7) is 1.68. The second kappa shape index (κ2) is 5.84. The van der Waals surface area contributed by atoms with Gasteiger partial charge in [0, 0.05) is 19.0 Å². The van der Waals surface area contributed by atoms with Crippen molar-refractivity contribution in [1.82, 2.24) is 10.6 Å². The molecule has 0 bridgehead atoms. The monoisotopic (exact) mass is 227 g/mol. The average Bonchev–Trinajstić information content (AvgIpc) is 2.27. The Kier molecular flexibility index (Phi) is 4.73. The van der Waals surface area contributed by atoms with Gasteiger partial charge in [0.15, 0.2) is 0 Å². The molecule has 1 rings (SSSR count). The van der Waals surface area contributed by atoms with Gasteiger partial charge in [-0.3, -0.25) is 9.59 Å². The molecule has 0 aromatic carbocycles. The van der Waals surface area contributed by atoms with Crippen LogP contribution < -0.4 is 16.4 Å². The molecule has 2 amide bonds. The van der Waals surface area contributed by atoms with Gasteiger partial charge in [-0.2, -0.15) is 0 Å². The van der Waals surface area contributed by atoms with Crippen molar-refractivity contribution in [1.29, 1.82) is 0 Å². The maximum Gasteiger partial charge on any atom is 0.242 e. The third-order valence-electron chi connectivity index (χ3n) is 3.08. The SMILES string of the molecule is CNC(=O)C(C)NC(=O)C1CCCC(N)C1. The fourth-order valence-corrected chi connectivity index (χ4v) is 2.08. The van der Waals surface area contributed by atoms with Crippen molar-refractivity contribution in [2.24, 2.45) is 11.7 Å². The van der Waals surface area contributed by atoms with E-state index in [2.05, 4.69) is 10.6 Å². The number of rotatable bonds is 3. The van der Waals surface area contributed by atoms with Crippen LogP contribution in [0.5, 0.6) is 0 Å². The summed E-state index contributed by atoms with van der Waals surface area (Å²) >= 11 is 0. The van der Waals surface area contributed by atoms with E-state index in [1.54, 1.807) is 14.0 Å². The van der Waals surface area contributed by atoms with Crippen LogP contribution in [0.2, 0.25) is 0 Å². The quantitative estimate of drug-likeness (QED) is 0.622. The predicted octanol–water partition coefficient (Wildman–Crippen LogP) is -0.245. The molecular formula is C11H21N3O2. The lowest BCUT2D eigenvalue weighted by Gasteiger charge is -2.26. The van der Waals surface area contributed by atoms with Crippen LogP contribution >= 0.6 is 0 Å². The highest BCUT2D eigenvalue weighted by atomic mass is 16.2. The Balaban J connectivity index is 2.42. The number of carbonyl (C=O) groups is 2. The second-order valence-corrected chi connectivity index (χ2v) is 4.47. The standard InChI is InChI=1S/C11H21N3O2/c1-7(10(15)13-2)14-11(16)8-4-3-5-9(12)6-8/h7-9H,3-6,12H2,1-2H3,(H,13,15)(H,14,16). The summed E-state index contributed by atoms with van der Waals surface area (Å²) in [5.74, 6) is -0.254. The van der Waals surface area contributed by atoms with Crippen molar-refractivity contribution in [3.8, 4) is 0 Å². The molecule has 0 aromatic heterocycles. The number of hydrogen-bond donors (Lipinski definition) is 3. The van der Waals surface area contributed by atoms with E-state index < -0.39 is 6.04 Å². The molecule has 5 heteroatoms. The van der Waals surface area contributed by atoms with Crippen LogP contribution in [0.4, 0.5) is 0 Å². The van der Waals surface area contributed by atoms with Crippen LogP contribution in [-0.2, 0) is 9.59 Å². The molecule has 1 aliphatic rings. The molecule has 0 saturated heterocycles. The van der Waals surface area contributed by atoms with Crippen LogP contribution in [0, 0.1) is 5.92 Å². The van der Waals surface area contributed by atoms with Crippen LogP contribution in [0.25, 0.3) is 0 Å². The number of carbonyl (C=O) groups excluding carboxylic acids is 2. The zero-order valence-electron chi connectivity index (χ0n) is 9.95. The van der Waals surface area contributed by atoms with Gasteiger partial charge in [0.05, 0.1) is 0 Å². The van der Waals surface area contributed by atoms with E-state index >= 15 is 0 Å². The summed E-state index contributed by atoms with van der Waals surface area (Å²) in [6.07, 6.45) is 3.59. The molecule has 1 saturated carbocycles. The highest BCUT2D eigenvalue weighted by Gasteiger charge is 2.27. The van der Waals surface area contributed by atoms with Gasteiger partial charge in [0.1, 0.15) is 6.04 Å². The van der Waals surface area contributed by atoms with Gasteiger partial charge in [0.2, 0.25) is 11.8 Å². The molecule has 3 atom stereocenters. The highest BCUT2D eigenvalue weighted by molar-refractivity contribution is 5.88. The molecule has 5 nitrogen and oxygen atoms in total. The lowest BCUT2D eigenvalue weighted by molar-refractivity contribution is -0.131. The zero-order chi connectivity index (χ0) is 12.1. The van der Waals surface area contributed by atoms with Gasteiger partial charge >= 0.3 is 0 Å². The van der Waals surface area contributed by atoms with Crippen molar-refractivity contribution in [3.63, 3.8) is 0 Å². The van der Waals surface area contributed by atoms with Crippen molar-refractivity contribution in [2.75, 3.05) is 7.05 Å². The van der Waals surface area contributed by atoms with E-state index in [0.717, 1.165) is 25.7 Å². The molecule has 3 unspecified atom stereocenters. The van der Waals surface area contributed by atoms with Crippen molar-refractivity contribution in [3.05, 3.63) is 0 Å². The van der Waals surface area contributed by atoms with Gasteiger partial charge < -0.3 is 16.4 Å². The zero-order valence-corrected chi connectivity index (χ0v) is 9.95. The van der Waals surface area contributed by atoms with E-state index in [4.69, 9.17) is 5.73 Å². The molecule has 0 radical (unpaired) electrons. The third-order valence-corrected chi connectivity index (χ3v) is 3.08. The Hall–Kier alpha value is -1.10. The normalized spacial score (nSPS) is 26.9. The van der Waals surface area contributed by atoms with E-state index in [1.807, 2.05) is 0 Å². The first-order valence-electron chi connectivity index (χ1n) is 5.82. The number of likely N-dealkylation sites (N-methyl/N-ethyl adjacent to an activating group) is 1. The molecule has 92 valence electrons. The van der Waals surface area contributed by atoms with Crippen molar-refractivity contribution in [2.45, 2.75) is 44.7 Å². The first-order valence-corrected chi connectivity index (χ1v) is 5.82. The minimum atomic E-state index is -0.476. The molecule has 4 N–H and O–H groups in total.